The summed E-state index contributed by atoms with van der Waals surface area (Å²) in [4.78, 5) is 84.5. The van der Waals surface area contributed by atoms with Gasteiger partial charge in [0.25, 0.3) is 0 Å². The first-order valence-corrected chi connectivity index (χ1v) is 30.8. The number of likely N-dealkylation sites (tertiary alicyclic amines) is 2. The van der Waals surface area contributed by atoms with E-state index in [4.69, 9.17) is 0 Å². The number of amides is 6. The van der Waals surface area contributed by atoms with E-state index in [-0.39, 0.29) is 74.7 Å². The van der Waals surface area contributed by atoms with Crippen LogP contribution in [-0.4, -0.2) is 173 Å². The number of rotatable bonds is 30. The van der Waals surface area contributed by atoms with E-state index in [1.807, 2.05) is 60.7 Å². The van der Waals surface area contributed by atoms with Crippen molar-refractivity contribution in [3.63, 3.8) is 0 Å². The molecule has 6 rings (SSSR count). The normalized spacial score (nSPS) is 17.0. The summed E-state index contributed by atoms with van der Waals surface area (Å²) in [5.41, 5.74) is 1.80. The van der Waals surface area contributed by atoms with Gasteiger partial charge < -0.3 is 41.7 Å². The third-order valence-corrected chi connectivity index (χ3v) is 18.8. The maximum atomic E-state index is 14.4. The minimum Gasteiger partial charge on any atom is -0.348 e. The van der Waals surface area contributed by atoms with Gasteiger partial charge in [-0.1, -0.05) is 60.7 Å². The van der Waals surface area contributed by atoms with Crippen LogP contribution in [0.5, 0.6) is 0 Å². The molecule has 2 saturated heterocycles. The summed E-state index contributed by atoms with van der Waals surface area (Å²) in [6.45, 7) is 3.79. The van der Waals surface area contributed by atoms with Crippen molar-refractivity contribution >= 4 is 55.5 Å². The third kappa shape index (κ3) is 18.1. The van der Waals surface area contributed by atoms with E-state index in [0.717, 1.165) is 35.4 Å². The van der Waals surface area contributed by atoms with Crippen LogP contribution in [0.1, 0.15) is 76.3 Å². The Morgan fingerprint density at radius 1 is 0.549 bits per heavy atom. The zero-order valence-corrected chi connectivity index (χ0v) is 48.7. The fourth-order valence-electron chi connectivity index (χ4n) is 9.98. The molecule has 4 aromatic rings. The lowest BCUT2D eigenvalue weighted by Gasteiger charge is -2.33. The Morgan fingerprint density at radius 2 is 0.902 bits per heavy atom. The number of nitrogens with one attached hydrogen (secondary N) is 6. The second-order valence-electron chi connectivity index (χ2n) is 20.7. The molecule has 0 bridgehead atoms. The van der Waals surface area contributed by atoms with Crippen molar-refractivity contribution in [2.75, 3.05) is 66.5 Å². The highest BCUT2D eigenvalue weighted by atomic mass is 32.2. The van der Waals surface area contributed by atoms with Crippen LogP contribution in [-0.2, 0) is 61.7 Å². The second-order valence-corrected chi connectivity index (χ2v) is 24.6. The summed E-state index contributed by atoms with van der Waals surface area (Å²) in [5.74, 6) is -4.90. The van der Waals surface area contributed by atoms with E-state index < -0.39 is 103 Å². The predicted molar refractivity (Wildman–Crippen MR) is 305 cm³/mol. The summed E-state index contributed by atoms with van der Waals surface area (Å²) in [6.07, 6.45) is 3.27. The van der Waals surface area contributed by atoms with Gasteiger partial charge in [-0.25, -0.2) is 25.6 Å². The lowest BCUT2D eigenvalue weighted by atomic mass is 10.1. The highest BCUT2D eigenvalue weighted by Gasteiger charge is 2.39. The number of carbonyl (C=O) groups is 6. The molecule has 2 fully saturated rings. The van der Waals surface area contributed by atoms with Crippen LogP contribution in [0.25, 0.3) is 0 Å². The predicted octanol–water partition coefficient (Wildman–Crippen LogP) is 3.09. The van der Waals surface area contributed by atoms with Gasteiger partial charge in [0.1, 0.15) is 23.7 Å². The number of benzene rings is 4. The van der Waals surface area contributed by atoms with E-state index in [9.17, 15) is 54.4 Å². The molecule has 6 amide bonds. The summed E-state index contributed by atoms with van der Waals surface area (Å²) >= 11 is 0. The fourth-order valence-corrected chi connectivity index (χ4v) is 12.9. The molecule has 0 aliphatic carbocycles. The smallest absolute Gasteiger partial charge is 0.309 e. The second kappa shape index (κ2) is 31.1. The number of likely N-dealkylation sites (N-methyl/N-ethyl adjacent to an activating group) is 2. The largest absolute Gasteiger partial charge is 0.348 e. The van der Waals surface area contributed by atoms with Crippen molar-refractivity contribution in [2.24, 2.45) is 0 Å². The Kier molecular flexibility index (Phi) is 24.4. The maximum absolute atomic E-state index is 14.4. The van der Waals surface area contributed by atoms with Gasteiger partial charge in [-0.05, 0) is 152 Å². The molecule has 0 unspecified atom stereocenters. The minimum absolute atomic E-state index is 0.0543. The third-order valence-electron chi connectivity index (χ3n) is 15.0. The first-order chi connectivity index (χ1) is 39.2. The van der Waals surface area contributed by atoms with Crippen LogP contribution in [0.3, 0.4) is 0 Å². The molecule has 2 aliphatic heterocycles. The van der Waals surface area contributed by atoms with Gasteiger partial charge in [0.2, 0.25) is 43.7 Å². The Hall–Kier alpha value is -6.70. The van der Waals surface area contributed by atoms with Crippen molar-refractivity contribution in [1.29, 1.82) is 0 Å². The van der Waals surface area contributed by atoms with Crippen LogP contribution in [0.15, 0.2) is 119 Å². The van der Waals surface area contributed by atoms with Gasteiger partial charge in [-0.3, -0.25) is 28.8 Å². The van der Waals surface area contributed by atoms with Crippen LogP contribution in [0, 0.1) is 11.6 Å². The van der Waals surface area contributed by atoms with Gasteiger partial charge in [-0.15, -0.1) is 0 Å². The Morgan fingerprint density at radius 3 is 1.24 bits per heavy atom. The highest BCUT2D eigenvalue weighted by molar-refractivity contribution is 7.89. The SMILES string of the molecule is CN[C@@H](C)C(=O)N[C@@H](CCCNC(=O)C(=O)NCCC[C@H](NC(=O)[C@H](C)NC)C(=O)N1CCC[C@H]1CN(CCc1ccccc1)S(=O)(=O)c1ccc(F)cc1)C(=O)N1CCC[C@H]1CN(CCc1ccccc1)S(=O)(=O)c1ccc(F)cc1. The van der Waals surface area contributed by atoms with Crippen LogP contribution < -0.4 is 31.9 Å². The number of hydrogen-bond acceptors (Lipinski definition) is 12. The maximum Gasteiger partial charge on any atom is 0.309 e. The average molecular weight is 1180 g/mol. The highest BCUT2D eigenvalue weighted by Crippen LogP contribution is 2.27. The van der Waals surface area contributed by atoms with Crippen molar-refractivity contribution in [3.05, 3.63) is 132 Å². The zero-order valence-electron chi connectivity index (χ0n) is 47.0. The zero-order chi connectivity index (χ0) is 59.4. The molecular weight excluding hydrogens is 1100 g/mol. The van der Waals surface area contributed by atoms with Crippen molar-refractivity contribution in [3.8, 4) is 0 Å². The molecule has 0 radical (unpaired) electrons. The minimum atomic E-state index is -4.14. The van der Waals surface area contributed by atoms with Crippen molar-refractivity contribution < 1.29 is 54.4 Å². The van der Waals surface area contributed by atoms with Crippen molar-refractivity contribution in [1.82, 2.24) is 50.3 Å². The molecule has 6 N–H and O–H groups in total. The molecule has 6 atom stereocenters. The summed E-state index contributed by atoms with van der Waals surface area (Å²) in [6, 6.07) is 23.2. The quantitative estimate of drug-likeness (QED) is 0.0326. The van der Waals surface area contributed by atoms with E-state index >= 15 is 0 Å². The van der Waals surface area contributed by atoms with E-state index in [1.54, 1.807) is 37.7 Å². The summed E-state index contributed by atoms with van der Waals surface area (Å²) in [5, 5.41) is 16.5. The summed E-state index contributed by atoms with van der Waals surface area (Å²) in [7, 11) is -5.10. The molecule has 20 nitrogen and oxygen atoms in total. The van der Waals surface area contributed by atoms with E-state index in [1.165, 1.54) is 32.9 Å². The molecule has 446 valence electrons. The van der Waals surface area contributed by atoms with Gasteiger partial charge in [0, 0.05) is 64.4 Å². The number of sulfonamides is 2. The topological polar surface area (TPSA) is 256 Å². The molecule has 4 aromatic carbocycles. The molecule has 2 aliphatic rings. The number of halogens is 2. The molecule has 82 heavy (non-hydrogen) atoms. The molecule has 2 heterocycles. The monoisotopic (exact) mass is 1180 g/mol. The number of hydrogen-bond donors (Lipinski definition) is 6. The van der Waals surface area contributed by atoms with Gasteiger partial charge in [-0.2, -0.15) is 8.61 Å². The fraction of sp³-hybridized carbons (Fsp3) is 0.483. The number of nitrogens with zero attached hydrogens (tertiary/aromatic N) is 4. The van der Waals surface area contributed by atoms with Crippen LogP contribution in [0.2, 0.25) is 0 Å². The van der Waals surface area contributed by atoms with Gasteiger partial charge >= 0.3 is 11.8 Å². The lowest BCUT2D eigenvalue weighted by molar-refractivity contribution is -0.139. The first kappa shape index (κ1) is 64.5. The van der Waals surface area contributed by atoms with Gasteiger partial charge in [0.15, 0.2) is 0 Å². The van der Waals surface area contributed by atoms with E-state index in [2.05, 4.69) is 31.9 Å². The Balaban J connectivity index is 1.05. The standard InChI is InChI=1S/C58H78F2N10O10S2/c1-41(61-3)53(71)65-51(57(75)69-35-13-19-47(69)39-67(37-31-43-15-7-5-8-16-43)81(77,78)49-27-23-45(59)24-28-49)21-11-33-63-55(73)56(74)64-34-12-22-52(66-54(72)42(2)62-4)58(76)70-36-14-20-48(70)40-68(38-32-44-17-9-6-10-18-44)82(79,80)50-29-25-46(60)26-30-50/h5-10,15-18,23-30,41-42,47-48,51-52,61-62H,11-14,19-22,31-40H2,1-4H3,(H,63,73)(H,64,74)(H,65,71)(H,66,72)/t41-,42-,47-,48-,51-,52-/m0/s1. The molecule has 24 heteroatoms. The lowest BCUT2D eigenvalue weighted by Crippen LogP contribution is -2.55. The summed E-state index contributed by atoms with van der Waals surface area (Å²) < 4.78 is 86.8. The molecule has 0 saturated carbocycles. The van der Waals surface area contributed by atoms with Gasteiger partial charge in [0.05, 0.1) is 21.9 Å². The molecule has 0 spiro atoms. The molecule has 0 aromatic heterocycles. The molecular formula is C58H78F2N10O10S2. The van der Waals surface area contributed by atoms with E-state index in [0.29, 0.717) is 51.6 Å². The first-order valence-electron chi connectivity index (χ1n) is 27.9. The van der Waals surface area contributed by atoms with Crippen LogP contribution >= 0.6 is 0 Å². The average Bonchev–Trinajstić information content (AvgIpc) is 4.34. The van der Waals surface area contributed by atoms with Crippen LogP contribution in [0.4, 0.5) is 8.78 Å². The Bertz CT molecular complexity index is 2790. The van der Waals surface area contributed by atoms with Crippen molar-refractivity contribution in [2.45, 2.75) is 124 Å². The number of carbonyl (C=O) groups excluding carboxylic acids is 6. The Labute approximate surface area is 480 Å².